The second kappa shape index (κ2) is 7.52. The molecule has 1 aliphatic heterocycles. The minimum Gasteiger partial charge on any atom is -0.383 e. The lowest BCUT2D eigenvalue weighted by molar-refractivity contribution is 0.296. The number of hydrogen-bond donors (Lipinski definition) is 1. The number of nitrogens with zero attached hydrogens (tertiary/aromatic N) is 2. The largest absolute Gasteiger partial charge is 0.383 e. The number of nitrogens with one attached hydrogen (secondary N) is 1. The third-order valence-electron chi connectivity index (χ3n) is 3.54. The van der Waals surface area contributed by atoms with Gasteiger partial charge in [0, 0.05) is 23.2 Å². The quantitative estimate of drug-likeness (QED) is 0.920. The van der Waals surface area contributed by atoms with Gasteiger partial charge in [0.05, 0.1) is 11.6 Å². The highest BCUT2D eigenvalue weighted by Gasteiger charge is 2.08. The maximum Gasteiger partial charge on any atom is 0.0992 e. The van der Waals surface area contributed by atoms with Crippen molar-refractivity contribution in [3.63, 3.8) is 0 Å². The van der Waals surface area contributed by atoms with Crippen molar-refractivity contribution in [2.24, 2.45) is 0 Å². The summed E-state index contributed by atoms with van der Waals surface area (Å²) in [5.41, 5.74) is 1.75. The van der Waals surface area contributed by atoms with Crippen molar-refractivity contribution in [3.05, 3.63) is 28.2 Å². The first-order valence-electron chi connectivity index (χ1n) is 6.95. The van der Waals surface area contributed by atoms with Gasteiger partial charge in [0.2, 0.25) is 0 Å². The number of nitriles is 1. The molecule has 4 heteroatoms. The van der Waals surface area contributed by atoms with E-state index < -0.39 is 0 Å². The van der Waals surface area contributed by atoms with Crippen LogP contribution in [0.2, 0.25) is 0 Å². The van der Waals surface area contributed by atoms with E-state index in [0.717, 1.165) is 23.2 Å². The topological polar surface area (TPSA) is 39.1 Å². The van der Waals surface area contributed by atoms with Crippen molar-refractivity contribution in [2.75, 3.05) is 31.5 Å². The second-order valence-corrected chi connectivity index (χ2v) is 5.84. The van der Waals surface area contributed by atoms with E-state index in [9.17, 15) is 0 Å². The van der Waals surface area contributed by atoms with Crippen molar-refractivity contribution in [2.45, 2.75) is 25.7 Å². The maximum atomic E-state index is 8.83. The van der Waals surface area contributed by atoms with Gasteiger partial charge in [-0.3, -0.25) is 0 Å². The van der Waals surface area contributed by atoms with Gasteiger partial charge < -0.3 is 10.2 Å². The van der Waals surface area contributed by atoms with Crippen molar-refractivity contribution in [1.29, 1.82) is 5.26 Å². The maximum absolute atomic E-state index is 8.83. The van der Waals surface area contributed by atoms with Crippen LogP contribution in [0.3, 0.4) is 0 Å². The van der Waals surface area contributed by atoms with Crippen LogP contribution in [0.1, 0.15) is 31.2 Å². The molecule has 1 heterocycles. The van der Waals surface area contributed by atoms with Crippen LogP contribution in [0.5, 0.6) is 0 Å². The van der Waals surface area contributed by atoms with Crippen LogP contribution in [-0.2, 0) is 0 Å². The molecule has 0 radical (unpaired) electrons. The molecule has 3 nitrogen and oxygen atoms in total. The first-order chi connectivity index (χ1) is 9.29. The number of anilines is 1. The minimum atomic E-state index is 0.685. The monoisotopic (exact) mass is 321 g/mol. The molecular formula is C15H20BrN3. The van der Waals surface area contributed by atoms with Gasteiger partial charge in [-0.25, -0.2) is 0 Å². The van der Waals surface area contributed by atoms with Crippen LogP contribution in [-0.4, -0.2) is 31.1 Å². The molecule has 1 fully saturated rings. The first-order valence-corrected chi connectivity index (χ1v) is 7.75. The Morgan fingerprint density at radius 1 is 1.21 bits per heavy atom. The van der Waals surface area contributed by atoms with E-state index in [2.05, 4.69) is 32.2 Å². The van der Waals surface area contributed by atoms with E-state index in [-0.39, 0.29) is 0 Å². The molecule has 0 aliphatic carbocycles. The smallest absolute Gasteiger partial charge is 0.0992 e. The van der Waals surface area contributed by atoms with Gasteiger partial charge in [-0.05, 0) is 60.1 Å². The van der Waals surface area contributed by atoms with Gasteiger partial charge in [0.25, 0.3) is 0 Å². The lowest BCUT2D eigenvalue weighted by atomic mass is 10.2. The highest BCUT2D eigenvalue weighted by atomic mass is 79.9. The fourth-order valence-corrected chi connectivity index (χ4v) is 2.96. The summed E-state index contributed by atoms with van der Waals surface area (Å²) in [5.74, 6) is 0. The van der Waals surface area contributed by atoms with Crippen molar-refractivity contribution in [1.82, 2.24) is 4.90 Å². The predicted molar refractivity (Wildman–Crippen MR) is 82.3 cm³/mol. The van der Waals surface area contributed by atoms with Crippen molar-refractivity contribution < 1.29 is 0 Å². The van der Waals surface area contributed by atoms with Gasteiger partial charge in [-0.15, -0.1) is 0 Å². The van der Waals surface area contributed by atoms with E-state index in [1.165, 1.54) is 38.8 Å². The zero-order valence-corrected chi connectivity index (χ0v) is 12.7. The predicted octanol–water partition coefficient (Wildman–Crippen LogP) is 3.61. The Morgan fingerprint density at radius 2 is 1.95 bits per heavy atom. The summed E-state index contributed by atoms with van der Waals surface area (Å²) in [7, 11) is 0. The molecule has 1 saturated heterocycles. The van der Waals surface area contributed by atoms with E-state index in [1.54, 1.807) is 0 Å². The lowest BCUT2D eigenvalue weighted by Gasteiger charge is -2.20. The summed E-state index contributed by atoms with van der Waals surface area (Å²) < 4.78 is 0.961. The molecule has 0 saturated carbocycles. The normalized spacial score (nSPS) is 16.6. The minimum absolute atomic E-state index is 0.685. The molecule has 19 heavy (non-hydrogen) atoms. The van der Waals surface area contributed by atoms with Crippen LogP contribution < -0.4 is 5.32 Å². The van der Waals surface area contributed by atoms with Crippen LogP contribution in [0.4, 0.5) is 5.69 Å². The summed E-state index contributed by atoms with van der Waals surface area (Å²) in [4.78, 5) is 2.54. The highest BCUT2D eigenvalue weighted by molar-refractivity contribution is 9.10. The van der Waals surface area contributed by atoms with Crippen LogP contribution >= 0.6 is 15.9 Å². The number of likely N-dealkylation sites (tertiary alicyclic amines) is 1. The SMILES string of the molecule is N#Cc1ccc(NCCN2CCCCCC2)c(Br)c1. The third kappa shape index (κ3) is 4.52. The van der Waals surface area contributed by atoms with E-state index >= 15 is 0 Å². The summed E-state index contributed by atoms with van der Waals surface area (Å²) in [5, 5.41) is 12.3. The van der Waals surface area contributed by atoms with Crippen LogP contribution in [0.15, 0.2) is 22.7 Å². The van der Waals surface area contributed by atoms with Gasteiger partial charge in [0.15, 0.2) is 0 Å². The Kier molecular flexibility index (Phi) is 5.68. The summed E-state index contributed by atoms with van der Waals surface area (Å²) in [6, 6.07) is 7.81. The van der Waals surface area contributed by atoms with Gasteiger partial charge in [0.1, 0.15) is 0 Å². The second-order valence-electron chi connectivity index (χ2n) is 4.99. The Hall–Kier alpha value is -1.05. The molecule has 1 N–H and O–H groups in total. The summed E-state index contributed by atoms with van der Waals surface area (Å²) in [6.07, 6.45) is 5.43. The molecule has 0 aromatic heterocycles. The molecule has 1 aliphatic rings. The lowest BCUT2D eigenvalue weighted by Crippen LogP contribution is -2.30. The standard InChI is InChI=1S/C15H20BrN3/c16-14-11-13(12-17)5-6-15(14)18-7-10-19-8-3-1-2-4-9-19/h5-6,11,18H,1-4,7-10H2. The average molecular weight is 322 g/mol. The Labute approximate surface area is 123 Å². The van der Waals surface area contributed by atoms with Crippen molar-refractivity contribution in [3.8, 4) is 6.07 Å². The number of halogens is 1. The van der Waals surface area contributed by atoms with Crippen molar-refractivity contribution >= 4 is 21.6 Å². The van der Waals surface area contributed by atoms with Crippen LogP contribution in [0, 0.1) is 11.3 Å². The molecule has 0 bridgehead atoms. The van der Waals surface area contributed by atoms with E-state index in [4.69, 9.17) is 5.26 Å². The molecule has 0 amide bonds. The van der Waals surface area contributed by atoms with E-state index in [0.29, 0.717) is 5.56 Å². The number of benzene rings is 1. The van der Waals surface area contributed by atoms with Gasteiger partial charge in [-0.1, -0.05) is 12.8 Å². The van der Waals surface area contributed by atoms with Crippen LogP contribution in [0.25, 0.3) is 0 Å². The molecule has 2 rings (SSSR count). The van der Waals surface area contributed by atoms with Gasteiger partial charge in [-0.2, -0.15) is 5.26 Å². The Bertz CT molecular complexity index is 445. The zero-order chi connectivity index (χ0) is 13.5. The summed E-state index contributed by atoms with van der Waals surface area (Å²) in [6.45, 7) is 4.50. The molecular weight excluding hydrogens is 302 g/mol. The molecule has 1 aromatic carbocycles. The molecule has 102 valence electrons. The molecule has 0 spiro atoms. The average Bonchev–Trinajstić information content (AvgIpc) is 2.69. The highest BCUT2D eigenvalue weighted by Crippen LogP contribution is 2.23. The number of rotatable bonds is 4. The Morgan fingerprint density at radius 3 is 2.58 bits per heavy atom. The molecule has 0 unspecified atom stereocenters. The fraction of sp³-hybridized carbons (Fsp3) is 0.533. The Balaban J connectivity index is 1.80. The fourth-order valence-electron chi connectivity index (χ4n) is 2.44. The zero-order valence-electron chi connectivity index (χ0n) is 11.2. The third-order valence-corrected chi connectivity index (χ3v) is 4.20. The first kappa shape index (κ1) is 14.4. The molecule has 0 atom stereocenters. The number of hydrogen-bond acceptors (Lipinski definition) is 3. The van der Waals surface area contributed by atoms with Gasteiger partial charge >= 0.3 is 0 Å². The van der Waals surface area contributed by atoms with E-state index in [1.807, 2.05) is 18.2 Å². The summed E-state index contributed by atoms with van der Waals surface area (Å²) >= 11 is 3.50. The molecule has 1 aromatic rings.